The van der Waals surface area contributed by atoms with Crippen LogP contribution in [0.1, 0.15) is 26.7 Å². The standard InChI is InChI=1S/C9H20N2O/c1-4-6-10-7-8-11(3)9(12)5-2/h10H,4-8H2,1-3H3. The molecular weight excluding hydrogens is 152 g/mol. The second-order valence-corrected chi connectivity index (χ2v) is 2.92. The van der Waals surface area contributed by atoms with Crippen LogP contribution in [0.15, 0.2) is 0 Å². The summed E-state index contributed by atoms with van der Waals surface area (Å²) < 4.78 is 0. The van der Waals surface area contributed by atoms with E-state index in [0.29, 0.717) is 6.42 Å². The van der Waals surface area contributed by atoms with E-state index in [-0.39, 0.29) is 5.91 Å². The summed E-state index contributed by atoms with van der Waals surface area (Å²) in [6, 6.07) is 0. The van der Waals surface area contributed by atoms with Gasteiger partial charge in [0.1, 0.15) is 0 Å². The highest BCUT2D eigenvalue weighted by atomic mass is 16.2. The normalized spacial score (nSPS) is 9.92. The minimum Gasteiger partial charge on any atom is -0.344 e. The number of likely N-dealkylation sites (N-methyl/N-ethyl adjacent to an activating group) is 1. The number of carbonyl (C=O) groups excluding carboxylic acids is 1. The Morgan fingerprint density at radius 1 is 1.33 bits per heavy atom. The third-order valence-electron chi connectivity index (χ3n) is 1.78. The predicted molar refractivity (Wildman–Crippen MR) is 51.1 cm³/mol. The molecule has 0 rings (SSSR count). The minimum absolute atomic E-state index is 0.216. The molecule has 0 spiro atoms. The van der Waals surface area contributed by atoms with E-state index in [1.54, 1.807) is 4.90 Å². The molecule has 72 valence electrons. The number of carbonyl (C=O) groups is 1. The van der Waals surface area contributed by atoms with Crippen molar-refractivity contribution in [3.05, 3.63) is 0 Å². The largest absolute Gasteiger partial charge is 0.344 e. The van der Waals surface area contributed by atoms with Gasteiger partial charge in [0.2, 0.25) is 5.91 Å². The summed E-state index contributed by atoms with van der Waals surface area (Å²) in [5, 5.41) is 3.25. The SMILES string of the molecule is CCCNCCN(C)C(=O)CC. The molecule has 0 aliphatic rings. The van der Waals surface area contributed by atoms with Crippen LogP contribution in [0, 0.1) is 0 Å². The molecule has 0 unspecified atom stereocenters. The van der Waals surface area contributed by atoms with Crippen molar-refractivity contribution >= 4 is 5.91 Å². The molecule has 0 saturated heterocycles. The third-order valence-corrected chi connectivity index (χ3v) is 1.78. The monoisotopic (exact) mass is 172 g/mol. The number of nitrogens with zero attached hydrogens (tertiary/aromatic N) is 1. The van der Waals surface area contributed by atoms with Gasteiger partial charge < -0.3 is 10.2 Å². The summed E-state index contributed by atoms with van der Waals surface area (Å²) in [6.07, 6.45) is 1.75. The number of nitrogens with one attached hydrogen (secondary N) is 1. The Bertz CT molecular complexity index is 126. The van der Waals surface area contributed by atoms with Crippen molar-refractivity contribution in [2.45, 2.75) is 26.7 Å². The Kier molecular flexibility index (Phi) is 6.76. The van der Waals surface area contributed by atoms with Gasteiger partial charge in [-0.05, 0) is 13.0 Å². The van der Waals surface area contributed by atoms with Crippen LogP contribution in [0.3, 0.4) is 0 Å². The number of rotatable bonds is 6. The van der Waals surface area contributed by atoms with E-state index in [4.69, 9.17) is 0 Å². The van der Waals surface area contributed by atoms with Crippen molar-refractivity contribution in [2.75, 3.05) is 26.7 Å². The van der Waals surface area contributed by atoms with E-state index >= 15 is 0 Å². The summed E-state index contributed by atoms with van der Waals surface area (Å²) >= 11 is 0. The van der Waals surface area contributed by atoms with Gasteiger partial charge in [0.05, 0.1) is 0 Å². The zero-order valence-corrected chi connectivity index (χ0v) is 8.39. The van der Waals surface area contributed by atoms with Crippen LogP contribution in [-0.2, 0) is 4.79 Å². The second kappa shape index (κ2) is 7.10. The van der Waals surface area contributed by atoms with Crippen LogP contribution >= 0.6 is 0 Å². The molecule has 0 heterocycles. The van der Waals surface area contributed by atoms with Gasteiger partial charge in [-0.25, -0.2) is 0 Å². The van der Waals surface area contributed by atoms with Crippen molar-refractivity contribution in [2.24, 2.45) is 0 Å². The molecule has 12 heavy (non-hydrogen) atoms. The van der Waals surface area contributed by atoms with Crippen molar-refractivity contribution < 1.29 is 4.79 Å². The topological polar surface area (TPSA) is 32.3 Å². The highest BCUT2D eigenvalue weighted by molar-refractivity contribution is 5.75. The average Bonchev–Trinajstić information content (AvgIpc) is 2.10. The molecule has 0 atom stereocenters. The molecule has 0 bridgehead atoms. The number of amides is 1. The van der Waals surface area contributed by atoms with Gasteiger partial charge in [-0.15, -0.1) is 0 Å². The molecule has 0 aromatic carbocycles. The molecule has 1 N–H and O–H groups in total. The van der Waals surface area contributed by atoms with E-state index < -0.39 is 0 Å². The van der Waals surface area contributed by atoms with Crippen molar-refractivity contribution in [1.82, 2.24) is 10.2 Å². The molecule has 0 fully saturated rings. The predicted octanol–water partition coefficient (Wildman–Crippen LogP) is 0.854. The average molecular weight is 172 g/mol. The molecule has 3 heteroatoms. The Morgan fingerprint density at radius 3 is 2.50 bits per heavy atom. The van der Waals surface area contributed by atoms with Crippen LogP contribution in [0.4, 0.5) is 0 Å². The van der Waals surface area contributed by atoms with E-state index in [1.807, 2.05) is 14.0 Å². The molecule has 0 radical (unpaired) electrons. The van der Waals surface area contributed by atoms with E-state index in [1.165, 1.54) is 0 Å². The fourth-order valence-electron chi connectivity index (χ4n) is 0.943. The first kappa shape index (κ1) is 11.4. The van der Waals surface area contributed by atoms with Crippen LogP contribution in [-0.4, -0.2) is 37.5 Å². The molecular formula is C9H20N2O. The van der Waals surface area contributed by atoms with Gasteiger partial charge in [0.25, 0.3) is 0 Å². The van der Waals surface area contributed by atoms with Crippen LogP contribution in [0.25, 0.3) is 0 Å². The maximum Gasteiger partial charge on any atom is 0.222 e. The Hall–Kier alpha value is -0.570. The molecule has 1 amide bonds. The van der Waals surface area contributed by atoms with Gasteiger partial charge >= 0.3 is 0 Å². The fraction of sp³-hybridized carbons (Fsp3) is 0.889. The van der Waals surface area contributed by atoms with Gasteiger partial charge in [0, 0.05) is 26.6 Å². The quantitative estimate of drug-likeness (QED) is 0.603. The zero-order chi connectivity index (χ0) is 9.40. The van der Waals surface area contributed by atoms with E-state index in [2.05, 4.69) is 12.2 Å². The van der Waals surface area contributed by atoms with Crippen LogP contribution in [0.5, 0.6) is 0 Å². The second-order valence-electron chi connectivity index (χ2n) is 2.92. The lowest BCUT2D eigenvalue weighted by Crippen LogP contribution is -2.33. The zero-order valence-electron chi connectivity index (χ0n) is 8.39. The first-order chi connectivity index (χ1) is 5.72. The summed E-state index contributed by atoms with van der Waals surface area (Å²) in [5.74, 6) is 0.216. The highest BCUT2D eigenvalue weighted by Crippen LogP contribution is 1.87. The van der Waals surface area contributed by atoms with E-state index in [9.17, 15) is 4.79 Å². The third kappa shape index (κ3) is 5.13. The lowest BCUT2D eigenvalue weighted by molar-refractivity contribution is -0.129. The van der Waals surface area contributed by atoms with Gasteiger partial charge in [0.15, 0.2) is 0 Å². The van der Waals surface area contributed by atoms with Crippen molar-refractivity contribution in [1.29, 1.82) is 0 Å². The Labute approximate surface area is 75.1 Å². The van der Waals surface area contributed by atoms with Crippen LogP contribution < -0.4 is 5.32 Å². The lowest BCUT2D eigenvalue weighted by atomic mass is 10.4. The first-order valence-corrected chi connectivity index (χ1v) is 4.67. The Balaban J connectivity index is 3.31. The van der Waals surface area contributed by atoms with Crippen LogP contribution in [0.2, 0.25) is 0 Å². The fourth-order valence-corrected chi connectivity index (χ4v) is 0.943. The van der Waals surface area contributed by atoms with Crippen molar-refractivity contribution in [3.63, 3.8) is 0 Å². The van der Waals surface area contributed by atoms with Gasteiger partial charge in [-0.3, -0.25) is 4.79 Å². The Morgan fingerprint density at radius 2 is 2.00 bits per heavy atom. The smallest absolute Gasteiger partial charge is 0.222 e. The van der Waals surface area contributed by atoms with Crippen molar-refractivity contribution in [3.8, 4) is 0 Å². The van der Waals surface area contributed by atoms with Gasteiger partial charge in [-0.1, -0.05) is 13.8 Å². The summed E-state index contributed by atoms with van der Waals surface area (Å²) in [4.78, 5) is 12.8. The molecule has 0 aliphatic heterocycles. The number of hydrogen-bond acceptors (Lipinski definition) is 2. The molecule has 0 aliphatic carbocycles. The molecule has 3 nitrogen and oxygen atoms in total. The molecule has 0 saturated carbocycles. The first-order valence-electron chi connectivity index (χ1n) is 4.67. The maximum atomic E-state index is 11.1. The maximum absolute atomic E-state index is 11.1. The molecule has 0 aromatic rings. The van der Waals surface area contributed by atoms with E-state index in [0.717, 1.165) is 26.1 Å². The summed E-state index contributed by atoms with van der Waals surface area (Å²) in [7, 11) is 1.85. The summed E-state index contributed by atoms with van der Waals surface area (Å²) in [6.45, 7) is 6.77. The minimum atomic E-state index is 0.216. The number of hydrogen-bond donors (Lipinski definition) is 1. The molecule has 0 aromatic heterocycles. The lowest BCUT2D eigenvalue weighted by Gasteiger charge is -2.16. The highest BCUT2D eigenvalue weighted by Gasteiger charge is 2.03. The van der Waals surface area contributed by atoms with Gasteiger partial charge in [-0.2, -0.15) is 0 Å². The summed E-state index contributed by atoms with van der Waals surface area (Å²) in [5.41, 5.74) is 0.